The maximum atomic E-state index is 17.3. The number of halogens is 1. The van der Waals surface area contributed by atoms with Crippen LogP contribution in [-0.2, 0) is 24.0 Å². The van der Waals surface area contributed by atoms with Crippen molar-refractivity contribution in [2.45, 2.75) is 63.8 Å². The number of ketones is 2. The summed E-state index contributed by atoms with van der Waals surface area (Å²) in [5.74, 6) is -3.47. The van der Waals surface area contributed by atoms with Crippen LogP contribution in [-0.4, -0.2) is 64.0 Å². The van der Waals surface area contributed by atoms with E-state index in [1.54, 1.807) is 26.8 Å². The average Bonchev–Trinajstić information content (AvgIpc) is 3.29. The summed E-state index contributed by atoms with van der Waals surface area (Å²) in [7, 11) is 0. The molecule has 34 heavy (non-hydrogen) atoms. The van der Waals surface area contributed by atoms with E-state index in [1.165, 1.54) is 12.2 Å². The Labute approximate surface area is 196 Å². The van der Waals surface area contributed by atoms with Crippen molar-refractivity contribution in [3.63, 3.8) is 0 Å². The lowest BCUT2D eigenvalue weighted by molar-refractivity contribution is -0.225. The van der Waals surface area contributed by atoms with Crippen molar-refractivity contribution in [1.82, 2.24) is 0 Å². The number of esters is 1. The van der Waals surface area contributed by atoms with Crippen LogP contribution < -0.4 is 0 Å². The fraction of sp³-hybridized carbons (Fsp3) is 0.680. The number of hydrogen-bond donors (Lipinski definition) is 2. The van der Waals surface area contributed by atoms with Crippen LogP contribution in [0.15, 0.2) is 29.0 Å². The highest BCUT2D eigenvalue weighted by atomic mass is 19.1. The minimum absolute atomic E-state index is 0.0380. The maximum absolute atomic E-state index is 17.3. The number of allylic oxidation sites excluding steroid dienone is 4. The summed E-state index contributed by atoms with van der Waals surface area (Å²) in [5, 5.41) is 25.2. The van der Waals surface area contributed by atoms with Crippen molar-refractivity contribution >= 4 is 23.2 Å². The largest absolute Gasteiger partial charge is 0.461 e. The molecule has 0 aromatic carbocycles. The highest BCUT2D eigenvalue weighted by Gasteiger charge is 2.80. The van der Waals surface area contributed by atoms with E-state index in [1.807, 2.05) is 0 Å². The number of aliphatic hydroxyl groups is 2. The van der Waals surface area contributed by atoms with Crippen molar-refractivity contribution in [3.8, 4) is 0 Å². The Hall–Kier alpha value is -2.39. The van der Waals surface area contributed by atoms with Crippen LogP contribution >= 0.6 is 0 Å². The molecule has 8 atom stereocenters. The molecule has 8 nitrogen and oxygen atoms in total. The summed E-state index contributed by atoms with van der Waals surface area (Å²) >= 11 is 0. The SMILES string of the molecule is CCOC(=O)C1=NO[C@]2(C(=O)CO)[C@H]1C[C@H]1[C@@H]3CCC4=CC(=O)C=C[C@]4(C)[C@@]3(F)C(O)C[C@@]12C. The van der Waals surface area contributed by atoms with Crippen LogP contribution in [0.1, 0.15) is 46.5 Å². The normalized spacial score (nSPS) is 46.4. The molecule has 3 saturated carbocycles. The molecule has 5 aliphatic rings. The lowest BCUT2D eigenvalue weighted by Gasteiger charge is -2.62. The molecule has 2 N–H and O–H groups in total. The number of ether oxygens (including phenoxy) is 1. The van der Waals surface area contributed by atoms with Gasteiger partial charge < -0.3 is 19.8 Å². The Morgan fingerprint density at radius 1 is 1.32 bits per heavy atom. The van der Waals surface area contributed by atoms with E-state index in [4.69, 9.17) is 9.57 Å². The zero-order valence-corrected chi connectivity index (χ0v) is 19.5. The Morgan fingerprint density at radius 3 is 2.74 bits per heavy atom. The lowest BCUT2D eigenvalue weighted by Crippen LogP contribution is -2.69. The van der Waals surface area contributed by atoms with Gasteiger partial charge in [-0.2, -0.15) is 0 Å². The van der Waals surface area contributed by atoms with Gasteiger partial charge in [0.15, 0.2) is 17.2 Å². The van der Waals surface area contributed by atoms with Gasteiger partial charge in [-0.1, -0.05) is 23.7 Å². The van der Waals surface area contributed by atoms with Gasteiger partial charge in [0.1, 0.15) is 6.61 Å². The van der Waals surface area contributed by atoms with Crippen LogP contribution in [0, 0.1) is 28.6 Å². The molecular formula is C25H30FNO7. The lowest BCUT2D eigenvalue weighted by atomic mass is 9.44. The fourth-order valence-electron chi connectivity index (χ4n) is 7.96. The molecule has 0 spiro atoms. The Balaban J connectivity index is 1.63. The first kappa shape index (κ1) is 23.4. The number of carbonyl (C=O) groups is 3. The molecule has 184 valence electrons. The van der Waals surface area contributed by atoms with E-state index in [-0.39, 0.29) is 30.9 Å². The average molecular weight is 476 g/mol. The van der Waals surface area contributed by atoms with Gasteiger partial charge in [-0.3, -0.25) is 9.59 Å². The molecule has 0 aromatic heterocycles. The maximum Gasteiger partial charge on any atom is 0.356 e. The van der Waals surface area contributed by atoms with Gasteiger partial charge in [0, 0.05) is 16.7 Å². The molecule has 1 aliphatic heterocycles. The van der Waals surface area contributed by atoms with E-state index in [2.05, 4.69) is 5.16 Å². The molecule has 0 radical (unpaired) electrons. The minimum atomic E-state index is -2.08. The van der Waals surface area contributed by atoms with Crippen LogP contribution in [0.3, 0.4) is 0 Å². The fourth-order valence-corrected chi connectivity index (χ4v) is 7.96. The third-order valence-electron chi connectivity index (χ3n) is 9.52. The summed E-state index contributed by atoms with van der Waals surface area (Å²) < 4.78 is 22.4. The van der Waals surface area contributed by atoms with E-state index in [9.17, 15) is 24.6 Å². The first-order valence-corrected chi connectivity index (χ1v) is 11.9. The molecule has 9 heteroatoms. The first-order chi connectivity index (χ1) is 16.0. The molecule has 0 amide bonds. The van der Waals surface area contributed by atoms with Gasteiger partial charge in [-0.05, 0) is 57.6 Å². The number of fused-ring (bicyclic) bond motifs is 7. The topological polar surface area (TPSA) is 122 Å². The minimum Gasteiger partial charge on any atom is -0.461 e. The van der Waals surface area contributed by atoms with Gasteiger partial charge in [-0.15, -0.1) is 0 Å². The van der Waals surface area contributed by atoms with E-state index >= 15 is 4.39 Å². The van der Waals surface area contributed by atoms with Gasteiger partial charge >= 0.3 is 5.97 Å². The molecule has 4 aliphatic carbocycles. The predicted molar refractivity (Wildman–Crippen MR) is 117 cm³/mol. The molecule has 3 fully saturated rings. The smallest absolute Gasteiger partial charge is 0.356 e. The second kappa shape index (κ2) is 7.31. The molecule has 0 aromatic rings. The Morgan fingerprint density at radius 2 is 2.06 bits per heavy atom. The monoisotopic (exact) mass is 475 g/mol. The first-order valence-electron chi connectivity index (χ1n) is 11.9. The zero-order chi connectivity index (χ0) is 24.7. The highest BCUT2D eigenvalue weighted by Crippen LogP contribution is 2.72. The van der Waals surface area contributed by atoms with Gasteiger partial charge in [0.05, 0.1) is 18.6 Å². The summed E-state index contributed by atoms with van der Waals surface area (Å²) in [6, 6.07) is 0. The van der Waals surface area contributed by atoms with Gasteiger partial charge in [0.25, 0.3) is 0 Å². The van der Waals surface area contributed by atoms with Crippen molar-refractivity contribution in [2.24, 2.45) is 33.7 Å². The molecule has 1 unspecified atom stereocenters. The van der Waals surface area contributed by atoms with Crippen molar-refractivity contribution in [2.75, 3.05) is 13.2 Å². The van der Waals surface area contributed by atoms with E-state index in [0.717, 1.165) is 0 Å². The van der Waals surface area contributed by atoms with Crippen molar-refractivity contribution in [1.29, 1.82) is 0 Å². The second-order valence-corrected chi connectivity index (χ2v) is 10.7. The van der Waals surface area contributed by atoms with Crippen LogP contribution in [0.25, 0.3) is 0 Å². The van der Waals surface area contributed by atoms with Crippen LogP contribution in [0.4, 0.5) is 4.39 Å². The predicted octanol–water partition coefficient (Wildman–Crippen LogP) is 1.83. The van der Waals surface area contributed by atoms with Crippen LogP contribution in [0.5, 0.6) is 0 Å². The number of aliphatic hydroxyl groups excluding tert-OH is 2. The van der Waals surface area contributed by atoms with Crippen molar-refractivity contribution in [3.05, 3.63) is 23.8 Å². The van der Waals surface area contributed by atoms with E-state index < -0.39 is 64.3 Å². The molecular weight excluding hydrogens is 445 g/mol. The number of oxime groups is 1. The number of rotatable bonds is 4. The number of nitrogens with zero attached hydrogens (tertiary/aromatic N) is 1. The zero-order valence-electron chi connectivity index (χ0n) is 19.5. The van der Waals surface area contributed by atoms with Gasteiger partial charge in [0.2, 0.25) is 11.4 Å². The quantitative estimate of drug-likeness (QED) is 0.595. The summed E-state index contributed by atoms with van der Waals surface area (Å²) in [6.07, 6.45) is 3.88. The summed E-state index contributed by atoms with van der Waals surface area (Å²) in [6.45, 7) is 4.42. The van der Waals surface area contributed by atoms with Crippen LogP contribution in [0.2, 0.25) is 0 Å². The number of Topliss-reactive ketones (excluding diaryl/α,β-unsaturated/α-hetero) is 1. The number of hydrogen-bond acceptors (Lipinski definition) is 8. The molecule has 5 rings (SSSR count). The summed E-state index contributed by atoms with van der Waals surface area (Å²) in [5.41, 5.74) is -5.40. The number of carbonyl (C=O) groups excluding carboxylic acids is 3. The Kier molecular flexibility index (Phi) is 5.02. The molecule has 0 saturated heterocycles. The Bertz CT molecular complexity index is 1070. The van der Waals surface area contributed by atoms with Gasteiger partial charge in [-0.25, -0.2) is 9.18 Å². The standard InChI is InChI=1S/C25H30FNO7/c1-4-33-21(32)20-17-10-16-15-6-5-13-9-14(29)7-8-22(13,2)24(15,26)18(30)11-23(16,3)25(17,34-27-20)19(31)12-28/h7-9,15-18,28,30H,4-6,10-12H2,1-3H3/t15-,16-,17-,18?,22-,23-,24-,25-/m0/s1. The summed E-state index contributed by atoms with van der Waals surface area (Å²) in [4.78, 5) is 43.6. The third kappa shape index (κ3) is 2.49. The highest BCUT2D eigenvalue weighted by molar-refractivity contribution is 6.38. The van der Waals surface area contributed by atoms with E-state index in [0.29, 0.717) is 18.4 Å². The third-order valence-corrected chi connectivity index (χ3v) is 9.52. The van der Waals surface area contributed by atoms with Crippen molar-refractivity contribution < 1.29 is 38.6 Å². The molecule has 0 bridgehead atoms. The number of alkyl halides is 1. The molecule has 1 heterocycles. The second-order valence-electron chi connectivity index (χ2n) is 10.7.